The number of ether oxygens (including phenoxy) is 1. The van der Waals surface area contributed by atoms with Gasteiger partial charge in [-0.2, -0.15) is 0 Å². The SMILES string of the molecule is COCCN1C[C@H](C(=O)c2ccccc2)[C@@H](c2cccc(F)c2C)[C@H](C(=O)N(C)C)C1. The average Bonchev–Trinajstić information content (AvgIpc) is 2.78. The van der Waals surface area contributed by atoms with E-state index in [1.54, 1.807) is 51.2 Å². The van der Waals surface area contributed by atoms with Crippen molar-refractivity contribution in [1.29, 1.82) is 0 Å². The van der Waals surface area contributed by atoms with Gasteiger partial charge >= 0.3 is 0 Å². The van der Waals surface area contributed by atoms with E-state index in [1.807, 2.05) is 24.3 Å². The third kappa shape index (κ3) is 5.02. The standard InChI is InChI=1S/C25H31FN2O3/c1-17-19(11-8-12-22(17)26)23-20(24(29)18-9-6-5-7-10-18)15-28(13-14-31-4)16-21(23)25(30)27(2)3/h5-12,20-21,23H,13-16H2,1-4H3/t20-,21+,23+/m0/s1. The number of piperidine rings is 1. The second-order valence-electron chi connectivity index (χ2n) is 8.41. The Balaban J connectivity index is 2.11. The lowest BCUT2D eigenvalue weighted by Gasteiger charge is -2.44. The van der Waals surface area contributed by atoms with Gasteiger partial charge in [0.15, 0.2) is 5.78 Å². The van der Waals surface area contributed by atoms with Gasteiger partial charge in [0, 0.05) is 58.2 Å². The van der Waals surface area contributed by atoms with Gasteiger partial charge in [-0.3, -0.25) is 14.5 Å². The van der Waals surface area contributed by atoms with Crippen molar-refractivity contribution in [3.05, 3.63) is 71.0 Å². The zero-order valence-electron chi connectivity index (χ0n) is 18.7. The first-order valence-corrected chi connectivity index (χ1v) is 10.6. The summed E-state index contributed by atoms with van der Waals surface area (Å²) in [6.45, 7) is 3.86. The Morgan fingerprint density at radius 2 is 1.74 bits per heavy atom. The molecule has 31 heavy (non-hydrogen) atoms. The van der Waals surface area contributed by atoms with Crippen molar-refractivity contribution < 1.29 is 18.7 Å². The first-order valence-electron chi connectivity index (χ1n) is 10.6. The van der Waals surface area contributed by atoms with Crippen molar-refractivity contribution >= 4 is 11.7 Å². The highest BCUT2D eigenvalue weighted by molar-refractivity contribution is 5.99. The molecule has 1 amide bonds. The highest BCUT2D eigenvalue weighted by Crippen LogP contribution is 2.41. The molecule has 0 radical (unpaired) electrons. The van der Waals surface area contributed by atoms with E-state index in [0.29, 0.717) is 37.4 Å². The van der Waals surface area contributed by atoms with Gasteiger partial charge in [0.1, 0.15) is 5.82 Å². The molecule has 1 saturated heterocycles. The maximum Gasteiger partial charge on any atom is 0.227 e. The second-order valence-corrected chi connectivity index (χ2v) is 8.41. The normalized spacial score (nSPS) is 21.6. The lowest BCUT2D eigenvalue weighted by molar-refractivity contribution is -0.136. The van der Waals surface area contributed by atoms with Gasteiger partial charge in [0.05, 0.1) is 12.5 Å². The summed E-state index contributed by atoms with van der Waals surface area (Å²) in [4.78, 5) is 30.6. The number of hydrogen-bond donors (Lipinski definition) is 0. The van der Waals surface area contributed by atoms with E-state index in [2.05, 4.69) is 4.90 Å². The van der Waals surface area contributed by atoms with E-state index in [0.717, 1.165) is 5.56 Å². The highest BCUT2D eigenvalue weighted by atomic mass is 19.1. The van der Waals surface area contributed by atoms with Gasteiger partial charge in [-0.15, -0.1) is 0 Å². The summed E-state index contributed by atoms with van der Waals surface area (Å²) in [5, 5.41) is 0. The van der Waals surface area contributed by atoms with Crippen LogP contribution in [0.2, 0.25) is 0 Å². The van der Waals surface area contributed by atoms with Crippen LogP contribution in [-0.4, -0.2) is 68.9 Å². The lowest BCUT2D eigenvalue weighted by Crippen LogP contribution is -2.53. The number of halogens is 1. The van der Waals surface area contributed by atoms with Gasteiger partial charge in [0.2, 0.25) is 5.91 Å². The molecular formula is C25H31FN2O3. The third-order valence-corrected chi connectivity index (χ3v) is 6.21. The van der Waals surface area contributed by atoms with Gasteiger partial charge in [0.25, 0.3) is 0 Å². The first kappa shape index (κ1) is 23.1. The minimum Gasteiger partial charge on any atom is -0.383 e. The van der Waals surface area contributed by atoms with Crippen LogP contribution in [0.3, 0.4) is 0 Å². The molecule has 1 heterocycles. The summed E-state index contributed by atoms with van der Waals surface area (Å²) in [7, 11) is 5.08. The molecule has 0 bridgehead atoms. The van der Waals surface area contributed by atoms with E-state index in [4.69, 9.17) is 4.74 Å². The van der Waals surface area contributed by atoms with Crippen LogP contribution < -0.4 is 0 Å². The highest BCUT2D eigenvalue weighted by Gasteiger charge is 2.45. The predicted octanol–water partition coefficient (Wildman–Crippen LogP) is 3.38. The Bertz CT molecular complexity index is 916. The number of methoxy groups -OCH3 is 1. The fraction of sp³-hybridized carbons (Fsp3) is 0.440. The van der Waals surface area contributed by atoms with Crippen LogP contribution in [0.15, 0.2) is 48.5 Å². The summed E-state index contributed by atoms with van der Waals surface area (Å²) < 4.78 is 19.8. The predicted molar refractivity (Wildman–Crippen MR) is 119 cm³/mol. The smallest absolute Gasteiger partial charge is 0.227 e. The van der Waals surface area contributed by atoms with Crippen LogP contribution in [0.4, 0.5) is 4.39 Å². The molecule has 2 aromatic carbocycles. The summed E-state index contributed by atoms with van der Waals surface area (Å²) >= 11 is 0. The number of carbonyl (C=O) groups excluding carboxylic acids is 2. The van der Waals surface area contributed by atoms with E-state index in [1.165, 1.54) is 6.07 Å². The summed E-state index contributed by atoms with van der Waals surface area (Å²) in [5.74, 6) is -1.73. The van der Waals surface area contributed by atoms with Gasteiger partial charge in [-0.05, 0) is 24.1 Å². The maximum atomic E-state index is 14.5. The molecule has 0 unspecified atom stereocenters. The molecule has 0 spiro atoms. The molecule has 166 valence electrons. The van der Waals surface area contributed by atoms with Crippen LogP contribution in [0.25, 0.3) is 0 Å². The molecular weight excluding hydrogens is 395 g/mol. The van der Waals surface area contributed by atoms with Gasteiger partial charge in [-0.25, -0.2) is 4.39 Å². The molecule has 0 N–H and O–H groups in total. The molecule has 1 aliphatic rings. The fourth-order valence-corrected chi connectivity index (χ4v) is 4.59. The zero-order chi connectivity index (χ0) is 22.5. The molecule has 0 aromatic heterocycles. The average molecular weight is 427 g/mol. The topological polar surface area (TPSA) is 49.9 Å². The van der Waals surface area contributed by atoms with Gasteiger partial charge < -0.3 is 9.64 Å². The Labute approximate surface area is 183 Å². The molecule has 1 aliphatic heterocycles. The Kier molecular flexibility index (Phi) is 7.57. The summed E-state index contributed by atoms with van der Waals surface area (Å²) in [6, 6.07) is 14.1. The number of Topliss-reactive ketones (excluding diaryl/α,β-unsaturated/α-hetero) is 1. The molecule has 2 aromatic rings. The van der Waals surface area contributed by atoms with E-state index >= 15 is 0 Å². The van der Waals surface area contributed by atoms with Crippen LogP contribution >= 0.6 is 0 Å². The molecule has 5 nitrogen and oxygen atoms in total. The second kappa shape index (κ2) is 10.2. The number of amides is 1. The minimum atomic E-state index is -0.470. The molecule has 3 rings (SSSR count). The largest absolute Gasteiger partial charge is 0.383 e. The minimum absolute atomic E-state index is 0.0204. The number of rotatable bonds is 7. The van der Waals surface area contributed by atoms with Crippen molar-refractivity contribution in [3.63, 3.8) is 0 Å². The van der Waals surface area contributed by atoms with E-state index in [-0.39, 0.29) is 17.5 Å². The van der Waals surface area contributed by atoms with Crippen LogP contribution in [0.1, 0.15) is 27.4 Å². The van der Waals surface area contributed by atoms with Crippen molar-refractivity contribution in [2.24, 2.45) is 11.8 Å². The van der Waals surface area contributed by atoms with Crippen molar-refractivity contribution in [2.45, 2.75) is 12.8 Å². The molecule has 1 fully saturated rings. The number of likely N-dealkylation sites (tertiary alicyclic amines) is 1. The fourth-order valence-electron chi connectivity index (χ4n) is 4.59. The summed E-state index contributed by atoms with van der Waals surface area (Å²) in [5.41, 5.74) is 1.84. The number of benzene rings is 2. The monoisotopic (exact) mass is 426 g/mol. The van der Waals surface area contributed by atoms with Crippen LogP contribution in [0, 0.1) is 24.6 Å². The van der Waals surface area contributed by atoms with Crippen LogP contribution in [-0.2, 0) is 9.53 Å². The van der Waals surface area contributed by atoms with E-state index in [9.17, 15) is 14.0 Å². The first-order chi connectivity index (χ1) is 14.8. The van der Waals surface area contributed by atoms with Crippen molar-refractivity contribution in [2.75, 3.05) is 47.4 Å². The van der Waals surface area contributed by atoms with Gasteiger partial charge in [-0.1, -0.05) is 42.5 Å². The molecule has 3 atom stereocenters. The quantitative estimate of drug-likeness (QED) is 0.637. The molecule has 0 saturated carbocycles. The van der Waals surface area contributed by atoms with Crippen LogP contribution in [0.5, 0.6) is 0 Å². The number of carbonyl (C=O) groups is 2. The third-order valence-electron chi connectivity index (χ3n) is 6.21. The maximum absolute atomic E-state index is 14.5. The molecule has 0 aliphatic carbocycles. The molecule has 6 heteroatoms. The lowest BCUT2D eigenvalue weighted by atomic mass is 9.69. The number of hydrogen-bond acceptors (Lipinski definition) is 4. The van der Waals surface area contributed by atoms with E-state index < -0.39 is 17.8 Å². The zero-order valence-corrected chi connectivity index (χ0v) is 18.7. The Morgan fingerprint density at radius 3 is 2.39 bits per heavy atom. The number of nitrogens with zero attached hydrogens (tertiary/aromatic N) is 2. The van der Waals surface area contributed by atoms with Crippen molar-refractivity contribution in [1.82, 2.24) is 9.80 Å². The number of ketones is 1. The Morgan fingerprint density at radius 1 is 1.06 bits per heavy atom. The van der Waals surface area contributed by atoms with Crippen molar-refractivity contribution in [3.8, 4) is 0 Å². The Hall–Kier alpha value is -2.57. The summed E-state index contributed by atoms with van der Waals surface area (Å²) in [6.07, 6.45) is 0.